The average molecular weight is 222 g/mol. The molecule has 0 bridgehead atoms. The molecule has 0 saturated carbocycles. The minimum Gasteiger partial charge on any atom is -0.548 e. The third-order valence-electron chi connectivity index (χ3n) is 2.10. The first-order chi connectivity index (χ1) is 7.54. The van der Waals surface area contributed by atoms with Gasteiger partial charge in [0.2, 0.25) is 0 Å². The Kier molecular flexibility index (Phi) is 4.02. The second-order valence-electron chi connectivity index (χ2n) is 3.37. The molecule has 0 aliphatic heterocycles. The second kappa shape index (κ2) is 5.27. The number of hydrogen-bond donors (Lipinski definition) is 2. The largest absolute Gasteiger partial charge is 0.548 e. The van der Waals surface area contributed by atoms with Crippen LogP contribution in [0, 0.1) is 0 Å². The first-order valence-corrected chi connectivity index (χ1v) is 4.76. The van der Waals surface area contributed by atoms with Crippen LogP contribution in [0.3, 0.4) is 0 Å². The van der Waals surface area contributed by atoms with Crippen LogP contribution in [-0.2, 0) is 11.4 Å². The van der Waals surface area contributed by atoms with Gasteiger partial charge in [-0.05, 0) is 24.6 Å². The van der Waals surface area contributed by atoms with E-state index in [1.807, 2.05) is 0 Å². The smallest absolute Gasteiger partial charge is 0.251 e. The van der Waals surface area contributed by atoms with Crippen LogP contribution in [-0.4, -0.2) is 23.0 Å². The fourth-order valence-corrected chi connectivity index (χ4v) is 1.10. The summed E-state index contributed by atoms with van der Waals surface area (Å²) in [5, 5.41) is 21.5. The normalized spacial score (nSPS) is 11.9. The Morgan fingerprint density at radius 2 is 1.94 bits per heavy atom. The number of hydrogen-bond acceptors (Lipinski definition) is 4. The highest BCUT2D eigenvalue weighted by Gasteiger charge is 2.09. The lowest BCUT2D eigenvalue weighted by atomic mass is 10.1. The van der Waals surface area contributed by atoms with Gasteiger partial charge < -0.3 is 20.3 Å². The van der Waals surface area contributed by atoms with E-state index in [4.69, 9.17) is 5.11 Å². The number of nitrogens with one attached hydrogen (secondary N) is 1. The highest BCUT2D eigenvalue weighted by Crippen LogP contribution is 2.04. The summed E-state index contributed by atoms with van der Waals surface area (Å²) in [7, 11) is 0. The predicted octanol–water partition coefficient (Wildman–Crippen LogP) is -0.953. The van der Waals surface area contributed by atoms with E-state index in [1.165, 1.54) is 19.1 Å². The van der Waals surface area contributed by atoms with Crippen molar-refractivity contribution in [1.29, 1.82) is 0 Å². The van der Waals surface area contributed by atoms with Gasteiger partial charge in [-0.1, -0.05) is 12.1 Å². The van der Waals surface area contributed by atoms with Gasteiger partial charge in [-0.3, -0.25) is 4.79 Å². The molecular formula is C11H12NO4-. The van der Waals surface area contributed by atoms with E-state index in [0.29, 0.717) is 11.1 Å². The van der Waals surface area contributed by atoms with E-state index in [2.05, 4.69) is 5.32 Å². The molecule has 16 heavy (non-hydrogen) atoms. The van der Waals surface area contributed by atoms with E-state index < -0.39 is 17.9 Å². The van der Waals surface area contributed by atoms with Gasteiger partial charge in [0.25, 0.3) is 5.91 Å². The number of aliphatic carboxylic acids is 1. The molecule has 0 spiro atoms. The van der Waals surface area contributed by atoms with Gasteiger partial charge in [-0.2, -0.15) is 0 Å². The maximum Gasteiger partial charge on any atom is 0.251 e. The van der Waals surface area contributed by atoms with Gasteiger partial charge in [0.15, 0.2) is 0 Å². The SMILES string of the molecule is C[C@H](NC(=O)c1ccc(CO)cc1)C(=O)[O-]. The molecule has 86 valence electrons. The molecule has 0 aromatic heterocycles. The van der Waals surface area contributed by atoms with Crippen LogP contribution in [0.1, 0.15) is 22.8 Å². The van der Waals surface area contributed by atoms with Crippen molar-refractivity contribution in [2.24, 2.45) is 0 Å². The lowest BCUT2D eigenvalue weighted by Gasteiger charge is -2.14. The molecule has 2 N–H and O–H groups in total. The summed E-state index contributed by atoms with van der Waals surface area (Å²) in [5.41, 5.74) is 1.02. The molecule has 5 nitrogen and oxygen atoms in total. The number of amides is 1. The quantitative estimate of drug-likeness (QED) is 0.687. The van der Waals surface area contributed by atoms with Gasteiger partial charge in [-0.15, -0.1) is 0 Å². The Bertz CT molecular complexity index is 385. The predicted molar refractivity (Wildman–Crippen MR) is 54.3 cm³/mol. The first kappa shape index (κ1) is 12.2. The van der Waals surface area contributed by atoms with Crippen molar-refractivity contribution in [2.45, 2.75) is 19.6 Å². The number of aliphatic hydroxyl groups is 1. The minimum atomic E-state index is -1.33. The number of aliphatic hydroxyl groups excluding tert-OH is 1. The van der Waals surface area contributed by atoms with Crippen LogP contribution in [0.5, 0.6) is 0 Å². The number of carboxylic acid groups (broad SMARTS) is 1. The maximum absolute atomic E-state index is 11.5. The van der Waals surface area contributed by atoms with Crippen LogP contribution in [0.2, 0.25) is 0 Å². The molecule has 1 atom stereocenters. The number of carbonyl (C=O) groups is 2. The Balaban J connectivity index is 2.69. The zero-order chi connectivity index (χ0) is 12.1. The molecule has 0 aliphatic rings. The van der Waals surface area contributed by atoms with Crippen molar-refractivity contribution in [2.75, 3.05) is 0 Å². The van der Waals surface area contributed by atoms with Crippen LogP contribution in [0.15, 0.2) is 24.3 Å². The number of carboxylic acids is 1. The van der Waals surface area contributed by atoms with Crippen molar-refractivity contribution in [3.05, 3.63) is 35.4 Å². The monoisotopic (exact) mass is 222 g/mol. The van der Waals surface area contributed by atoms with Crippen molar-refractivity contribution >= 4 is 11.9 Å². The van der Waals surface area contributed by atoms with E-state index in [1.54, 1.807) is 12.1 Å². The Morgan fingerprint density at radius 1 is 1.38 bits per heavy atom. The summed E-state index contributed by atoms with van der Waals surface area (Å²) in [6.07, 6.45) is 0. The van der Waals surface area contributed by atoms with E-state index in [9.17, 15) is 14.7 Å². The zero-order valence-corrected chi connectivity index (χ0v) is 8.77. The summed E-state index contributed by atoms with van der Waals surface area (Å²) < 4.78 is 0. The lowest BCUT2D eigenvalue weighted by molar-refractivity contribution is -0.307. The van der Waals surface area contributed by atoms with E-state index in [-0.39, 0.29) is 6.61 Å². The van der Waals surface area contributed by atoms with Crippen LogP contribution < -0.4 is 10.4 Å². The fourth-order valence-electron chi connectivity index (χ4n) is 1.10. The number of rotatable bonds is 4. The lowest BCUT2D eigenvalue weighted by Crippen LogP contribution is -2.45. The summed E-state index contributed by atoms with van der Waals surface area (Å²) >= 11 is 0. The summed E-state index contributed by atoms with van der Waals surface area (Å²) in [4.78, 5) is 21.9. The average Bonchev–Trinajstić information content (AvgIpc) is 2.28. The van der Waals surface area contributed by atoms with Gasteiger partial charge >= 0.3 is 0 Å². The van der Waals surface area contributed by atoms with Gasteiger partial charge in [0.05, 0.1) is 18.6 Å². The summed E-state index contributed by atoms with van der Waals surface area (Å²) in [5.74, 6) is -1.82. The van der Waals surface area contributed by atoms with Crippen molar-refractivity contribution in [3.8, 4) is 0 Å². The first-order valence-electron chi connectivity index (χ1n) is 4.76. The van der Waals surface area contributed by atoms with Gasteiger partial charge in [-0.25, -0.2) is 0 Å². The summed E-state index contributed by atoms with van der Waals surface area (Å²) in [6.45, 7) is 1.23. The molecule has 0 radical (unpaired) electrons. The molecular weight excluding hydrogens is 210 g/mol. The zero-order valence-electron chi connectivity index (χ0n) is 8.77. The molecule has 1 rings (SSSR count). The third kappa shape index (κ3) is 3.06. The van der Waals surface area contributed by atoms with Gasteiger partial charge in [0, 0.05) is 5.56 Å². The van der Waals surface area contributed by atoms with Crippen molar-refractivity contribution in [1.82, 2.24) is 5.32 Å². The van der Waals surface area contributed by atoms with Crippen molar-refractivity contribution in [3.63, 3.8) is 0 Å². The molecule has 0 heterocycles. The Morgan fingerprint density at radius 3 is 2.38 bits per heavy atom. The standard InChI is InChI=1S/C11H13NO4/c1-7(11(15)16)12-10(14)9-4-2-8(6-13)3-5-9/h2-5,7,13H,6H2,1H3,(H,12,14)(H,15,16)/p-1/t7-/m0/s1. The van der Waals surface area contributed by atoms with Crippen LogP contribution in [0.4, 0.5) is 0 Å². The highest BCUT2D eigenvalue weighted by atomic mass is 16.4. The highest BCUT2D eigenvalue weighted by molar-refractivity contribution is 5.96. The summed E-state index contributed by atoms with van der Waals surface area (Å²) in [6, 6.07) is 5.19. The molecule has 0 aliphatic carbocycles. The Labute approximate surface area is 92.7 Å². The molecule has 1 amide bonds. The second-order valence-corrected chi connectivity index (χ2v) is 3.37. The van der Waals surface area contributed by atoms with E-state index in [0.717, 1.165) is 0 Å². The van der Waals surface area contributed by atoms with Crippen molar-refractivity contribution < 1.29 is 19.8 Å². The third-order valence-corrected chi connectivity index (χ3v) is 2.10. The minimum absolute atomic E-state index is 0.0999. The molecule has 0 unspecified atom stereocenters. The van der Waals surface area contributed by atoms with E-state index >= 15 is 0 Å². The molecule has 1 aromatic rings. The van der Waals surface area contributed by atoms with Crippen LogP contribution >= 0.6 is 0 Å². The fraction of sp³-hybridized carbons (Fsp3) is 0.273. The Hall–Kier alpha value is -1.88. The molecule has 5 heteroatoms. The maximum atomic E-state index is 11.5. The molecule has 1 aromatic carbocycles. The number of benzene rings is 1. The number of carbonyl (C=O) groups excluding carboxylic acids is 2. The van der Waals surface area contributed by atoms with Crippen LogP contribution in [0.25, 0.3) is 0 Å². The van der Waals surface area contributed by atoms with Gasteiger partial charge in [0.1, 0.15) is 0 Å². The molecule has 0 saturated heterocycles. The molecule has 0 fully saturated rings. The topological polar surface area (TPSA) is 89.5 Å².